The van der Waals surface area contributed by atoms with Crippen LogP contribution in [0.3, 0.4) is 0 Å². The lowest BCUT2D eigenvalue weighted by molar-refractivity contribution is -0.118. The minimum Gasteiger partial charge on any atom is -0.356 e. The van der Waals surface area contributed by atoms with Gasteiger partial charge in [-0.05, 0) is 18.1 Å². The van der Waals surface area contributed by atoms with E-state index in [0.717, 1.165) is 0 Å². The SMILES string of the molecule is CC(=O)NCCc1ccccc1F. The first kappa shape index (κ1) is 9.71. The lowest BCUT2D eigenvalue weighted by Gasteiger charge is -2.02. The third-order valence-corrected chi connectivity index (χ3v) is 1.73. The van der Waals surface area contributed by atoms with Crippen molar-refractivity contribution in [3.05, 3.63) is 35.6 Å². The summed E-state index contributed by atoms with van der Waals surface area (Å²) in [5.41, 5.74) is 0.635. The van der Waals surface area contributed by atoms with Crippen LogP contribution in [0.2, 0.25) is 0 Å². The molecule has 0 aromatic heterocycles. The summed E-state index contributed by atoms with van der Waals surface area (Å²) in [6.07, 6.45) is 0.534. The first-order valence-corrected chi connectivity index (χ1v) is 4.18. The molecular weight excluding hydrogens is 169 g/mol. The van der Waals surface area contributed by atoms with Crippen LogP contribution < -0.4 is 5.32 Å². The van der Waals surface area contributed by atoms with E-state index < -0.39 is 0 Å². The maximum atomic E-state index is 13.0. The summed E-state index contributed by atoms with van der Waals surface area (Å²) in [7, 11) is 0. The van der Waals surface area contributed by atoms with Gasteiger partial charge in [0.15, 0.2) is 0 Å². The zero-order chi connectivity index (χ0) is 9.68. The van der Waals surface area contributed by atoms with E-state index >= 15 is 0 Å². The molecule has 0 spiro atoms. The largest absolute Gasteiger partial charge is 0.356 e. The van der Waals surface area contributed by atoms with Crippen molar-refractivity contribution in [3.8, 4) is 0 Å². The molecule has 1 aromatic carbocycles. The second kappa shape index (κ2) is 4.60. The van der Waals surface area contributed by atoms with Crippen LogP contribution >= 0.6 is 0 Å². The molecule has 1 amide bonds. The Morgan fingerprint density at radius 3 is 2.77 bits per heavy atom. The van der Waals surface area contributed by atoms with Crippen molar-refractivity contribution in [2.45, 2.75) is 13.3 Å². The second-order valence-electron chi connectivity index (χ2n) is 2.82. The Hall–Kier alpha value is -1.38. The average Bonchev–Trinajstić information content (AvgIpc) is 2.08. The fourth-order valence-electron chi connectivity index (χ4n) is 1.07. The Morgan fingerprint density at radius 2 is 2.15 bits per heavy atom. The molecule has 0 bridgehead atoms. The number of benzene rings is 1. The molecule has 0 aliphatic rings. The first-order valence-electron chi connectivity index (χ1n) is 4.18. The van der Waals surface area contributed by atoms with Gasteiger partial charge in [0.1, 0.15) is 5.82 Å². The molecule has 0 aliphatic carbocycles. The van der Waals surface area contributed by atoms with Gasteiger partial charge in [-0.3, -0.25) is 4.79 Å². The predicted molar refractivity (Wildman–Crippen MR) is 48.8 cm³/mol. The maximum absolute atomic E-state index is 13.0. The fraction of sp³-hybridized carbons (Fsp3) is 0.300. The van der Waals surface area contributed by atoms with Gasteiger partial charge >= 0.3 is 0 Å². The molecule has 0 saturated carbocycles. The van der Waals surface area contributed by atoms with E-state index in [1.54, 1.807) is 18.2 Å². The third kappa shape index (κ3) is 3.23. The van der Waals surface area contributed by atoms with Gasteiger partial charge < -0.3 is 5.32 Å². The minimum atomic E-state index is -0.215. The van der Waals surface area contributed by atoms with Crippen LogP contribution in [0, 0.1) is 5.82 Å². The van der Waals surface area contributed by atoms with Crippen LogP contribution in [0.1, 0.15) is 12.5 Å². The quantitative estimate of drug-likeness (QED) is 0.752. The van der Waals surface area contributed by atoms with Gasteiger partial charge in [0.05, 0.1) is 0 Å². The number of rotatable bonds is 3. The topological polar surface area (TPSA) is 29.1 Å². The number of carbonyl (C=O) groups is 1. The molecule has 0 aliphatic heterocycles. The Morgan fingerprint density at radius 1 is 1.46 bits per heavy atom. The highest BCUT2D eigenvalue weighted by molar-refractivity contribution is 5.72. The van der Waals surface area contributed by atoms with E-state index in [4.69, 9.17) is 0 Å². The Balaban J connectivity index is 2.45. The van der Waals surface area contributed by atoms with Gasteiger partial charge in [-0.2, -0.15) is 0 Å². The summed E-state index contributed by atoms with van der Waals surface area (Å²) in [6, 6.07) is 6.57. The van der Waals surface area contributed by atoms with Gasteiger partial charge in [0.25, 0.3) is 0 Å². The van der Waals surface area contributed by atoms with Crippen LogP contribution in [0.15, 0.2) is 24.3 Å². The molecule has 0 radical (unpaired) electrons. The molecule has 0 saturated heterocycles. The summed E-state index contributed by atoms with van der Waals surface area (Å²) >= 11 is 0. The van der Waals surface area contributed by atoms with E-state index in [1.807, 2.05) is 0 Å². The standard InChI is InChI=1S/C10H12FNO/c1-8(13)12-7-6-9-4-2-3-5-10(9)11/h2-5H,6-7H2,1H3,(H,12,13). The smallest absolute Gasteiger partial charge is 0.216 e. The minimum absolute atomic E-state index is 0.0867. The van der Waals surface area contributed by atoms with Crippen LogP contribution in [0.5, 0.6) is 0 Å². The molecule has 1 N–H and O–H groups in total. The van der Waals surface area contributed by atoms with Crippen molar-refractivity contribution in [2.24, 2.45) is 0 Å². The van der Waals surface area contributed by atoms with E-state index in [2.05, 4.69) is 5.32 Å². The number of hydrogen-bond acceptors (Lipinski definition) is 1. The molecule has 70 valence electrons. The normalized spacial score (nSPS) is 9.69. The molecule has 0 fully saturated rings. The first-order chi connectivity index (χ1) is 6.20. The van der Waals surface area contributed by atoms with Crippen molar-refractivity contribution in [3.63, 3.8) is 0 Å². The molecule has 13 heavy (non-hydrogen) atoms. The van der Waals surface area contributed by atoms with Crippen molar-refractivity contribution < 1.29 is 9.18 Å². The second-order valence-corrected chi connectivity index (χ2v) is 2.82. The Bertz CT molecular complexity index is 299. The summed E-state index contributed by atoms with van der Waals surface area (Å²) in [4.78, 5) is 10.5. The van der Waals surface area contributed by atoms with Gasteiger partial charge in [-0.15, -0.1) is 0 Å². The lowest BCUT2D eigenvalue weighted by atomic mass is 10.1. The number of carbonyl (C=O) groups excluding carboxylic acids is 1. The van der Waals surface area contributed by atoms with Crippen molar-refractivity contribution >= 4 is 5.91 Å². The van der Waals surface area contributed by atoms with E-state index in [9.17, 15) is 9.18 Å². The summed E-state index contributed by atoms with van der Waals surface area (Å²) < 4.78 is 13.0. The molecule has 3 heteroatoms. The maximum Gasteiger partial charge on any atom is 0.216 e. The molecular formula is C10H12FNO. The summed E-state index contributed by atoms with van der Waals surface area (Å²) in [6.45, 7) is 1.93. The number of hydrogen-bond donors (Lipinski definition) is 1. The number of halogens is 1. The van der Waals surface area contributed by atoms with Gasteiger partial charge in [0.2, 0.25) is 5.91 Å². The van der Waals surface area contributed by atoms with E-state index in [0.29, 0.717) is 18.5 Å². The lowest BCUT2D eigenvalue weighted by Crippen LogP contribution is -2.22. The summed E-state index contributed by atoms with van der Waals surface area (Å²) in [5, 5.41) is 2.62. The highest BCUT2D eigenvalue weighted by atomic mass is 19.1. The summed E-state index contributed by atoms with van der Waals surface area (Å²) in [5.74, 6) is -0.302. The van der Waals surface area contributed by atoms with Crippen LogP contribution in [-0.4, -0.2) is 12.5 Å². The van der Waals surface area contributed by atoms with Crippen LogP contribution in [0.4, 0.5) is 4.39 Å². The van der Waals surface area contributed by atoms with Crippen LogP contribution in [-0.2, 0) is 11.2 Å². The van der Waals surface area contributed by atoms with Crippen LogP contribution in [0.25, 0.3) is 0 Å². The Kier molecular flexibility index (Phi) is 3.43. The van der Waals surface area contributed by atoms with Crippen molar-refractivity contribution in [1.29, 1.82) is 0 Å². The molecule has 0 atom stereocenters. The van der Waals surface area contributed by atoms with E-state index in [1.165, 1.54) is 13.0 Å². The molecule has 1 aromatic rings. The van der Waals surface area contributed by atoms with Crippen molar-refractivity contribution in [2.75, 3.05) is 6.54 Å². The van der Waals surface area contributed by atoms with Gasteiger partial charge in [-0.1, -0.05) is 18.2 Å². The highest BCUT2D eigenvalue weighted by Gasteiger charge is 1.99. The number of nitrogens with one attached hydrogen (secondary N) is 1. The van der Waals surface area contributed by atoms with Gasteiger partial charge in [-0.25, -0.2) is 4.39 Å². The zero-order valence-corrected chi connectivity index (χ0v) is 7.51. The molecule has 0 unspecified atom stereocenters. The zero-order valence-electron chi connectivity index (χ0n) is 7.51. The number of amides is 1. The monoisotopic (exact) mass is 181 g/mol. The highest BCUT2D eigenvalue weighted by Crippen LogP contribution is 2.05. The molecule has 0 heterocycles. The molecule has 2 nitrogen and oxygen atoms in total. The Labute approximate surface area is 76.8 Å². The average molecular weight is 181 g/mol. The van der Waals surface area contributed by atoms with Crippen molar-refractivity contribution in [1.82, 2.24) is 5.32 Å². The third-order valence-electron chi connectivity index (χ3n) is 1.73. The predicted octanol–water partition coefficient (Wildman–Crippen LogP) is 1.50. The van der Waals surface area contributed by atoms with E-state index in [-0.39, 0.29) is 11.7 Å². The molecule has 1 rings (SSSR count). The van der Waals surface area contributed by atoms with Gasteiger partial charge in [0, 0.05) is 13.5 Å². The fourth-order valence-corrected chi connectivity index (χ4v) is 1.07.